The first-order valence-corrected chi connectivity index (χ1v) is 27.1. The minimum Gasteiger partial charge on any atom is -0.309 e. The molecule has 0 amide bonds. The predicted molar refractivity (Wildman–Crippen MR) is 326 cm³/mol. The average Bonchev–Trinajstić information content (AvgIpc) is 1.55. The van der Waals surface area contributed by atoms with E-state index < -0.39 is 104 Å². The summed E-state index contributed by atoms with van der Waals surface area (Å²) in [5.41, 5.74) is 1.38. The minimum atomic E-state index is -3.09. The topological polar surface area (TPSA) is 14.8 Å². The lowest BCUT2D eigenvalue weighted by Crippen LogP contribution is -2.74. The smallest absolute Gasteiger partial charge is 0.179 e. The fourth-order valence-electron chi connectivity index (χ4n) is 12.4. The van der Waals surface area contributed by atoms with Crippen LogP contribution >= 0.6 is 0 Å². The van der Waals surface area contributed by atoms with Gasteiger partial charge in [-0.25, -0.2) is 0 Å². The van der Waals surface area contributed by atoms with Gasteiger partial charge in [0.2, 0.25) is 0 Å². The van der Waals surface area contributed by atoms with E-state index in [1.165, 1.54) is 20.1 Å². The van der Waals surface area contributed by atoms with Gasteiger partial charge in [-0.15, -0.1) is 0 Å². The third kappa shape index (κ3) is 6.04. The standard InChI is InChI=1S/C72H47N3Si/c1-4-22-51(23-5-1)76(52-24-6-2-7-25-52,53-26-8-3-9-27-53)54-28-20-21-48(45-54)75-69-43-40-50(47-64(69)72-70(75)44-41-62-57-31-11-10-29-55(57)56-30-12-13-35-61(56)71(62)72)74-67-38-19-16-34-60(67)63-46-49(39-42-68(63)74)73-65-36-17-14-32-58(65)59-33-15-18-37-66(59)73/h1-47H/i14D,15D,16D,17D,18D,19D,32D,33D,34D,36D,37D,38D,39D,42D,46D. The van der Waals surface area contributed by atoms with Crippen molar-refractivity contribution in [2.24, 2.45) is 0 Å². The molecule has 3 nitrogen and oxygen atoms in total. The lowest BCUT2D eigenvalue weighted by Gasteiger charge is -2.34. The molecule has 0 saturated heterocycles. The molecule has 0 aliphatic heterocycles. The van der Waals surface area contributed by atoms with Crippen LogP contribution in [-0.2, 0) is 0 Å². The Morgan fingerprint density at radius 2 is 0.684 bits per heavy atom. The molecule has 4 heteroatoms. The molecule has 0 saturated carbocycles. The van der Waals surface area contributed by atoms with E-state index in [0.29, 0.717) is 5.69 Å². The highest BCUT2D eigenvalue weighted by atomic mass is 28.3. The molecular weight excluding hydrogens is 935 g/mol. The second kappa shape index (κ2) is 16.6. The van der Waals surface area contributed by atoms with Crippen LogP contribution in [0.5, 0.6) is 0 Å². The van der Waals surface area contributed by atoms with Crippen LogP contribution in [0.3, 0.4) is 0 Å². The summed E-state index contributed by atoms with van der Waals surface area (Å²) < 4.78 is 145. The highest BCUT2D eigenvalue weighted by molar-refractivity contribution is 7.19. The summed E-state index contributed by atoms with van der Waals surface area (Å²) in [6, 6.07) is 58.0. The summed E-state index contributed by atoms with van der Waals surface area (Å²) >= 11 is 0. The molecule has 0 bridgehead atoms. The maximum absolute atomic E-state index is 10.3. The molecule has 0 aliphatic rings. The Bertz CT molecular complexity index is 5700. The Morgan fingerprint density at radius 3 is 1.28 bits per heavy atom. The van der Waals surface area contributed by atoms with Gasteiger partial charge in [0.25, 0.3) is 0 Å². The van der Waals surface area contributed by atoms with Gasteiger partial charge in [0.15, 0.2) is 8.07 Å². The fraction of sp³-hybridized carbons (Fsp3) is 0. The van der Waals surface area contributed by atoms with Crippen molar-refractivity contribution in [2.45, 2.75) is 0 Å². The molecule has 0 N–H and O–H groups in total. The van der Waals surface area contributed by atoms with Gasteiger partial charge < -0.3 is 13.7 Å². The number of aromatic nitrogens is 3. The SMILES string of the molecule is [2H]c1c([2H])c([2H])c2c(c1[2H])c1c([2H])c(-n3c4c([2H])c([2H])c([2H])c([2H])c4c4c([2H])c([2H])c([2H])c([2H])c43)c([2H])c([2H])c1n2-c1ccc2c(c1)c1c3c4ccccc4c4ccccc4c3ccc1n2-c1cccc([Si](c2ccccc2)(c2ccccc2)c2ccccc2)c1. The lowest BCUT2D eigenvalue weighted by molar-refractivity contribution is 1.16. The normalized spacial score (nSPS) is 15.0. The number of rotatable bonds is 7. The molecule has 0 unspecified atom stereocenters. The fourth-order valence-corrected chi connectivity index (χ4v) is 17.2. The van der Waals surface area contributed by atoms with E-state index in [1.54, 1.807) is 0 Å². The molecule has 0 fully saturated rings. The Labute approximate surface area is 461 Å². The first kappa shape index (κ1) is 30.5. The third-order valence-electron chi connectivity index (χ3n) is 15.4. The number of para-hydroxylation sites is 3. The quantitative estimate of drug-likeness (QED) is 0.0859. The van der Waals surface area contributed by atoms with E-state index in [1.807, 2.05) is 60.7 Å². The molecule has 76 heavy (non-hydrogen) atoms. The Hall–Kier alpha value is -9.74. The van der Waals surface area contributed by atoms with Crippen LogP contribution in [0.4, 0.5) is 0 Å². The third-order valence-corrected chi connectivity index (χ3v) is 20.2. The maximum Gasteiger partial charge on any atom is 0.179 e. The Kier molecular flexibility index (Phi) is 6.67. The highest BCUT2D eigenvalue weighted by Gasteiger charge is 2.41. The van der Waals surface area contributed by atoms with Gasteiger partial charge in [-0.2, -0.15) is 0 Å². The second-order valence-electron chi connectivity index (χ2n) is 19.2. The molecule has 0 aliphatic carbocycles. The molecule has 16 rings (SSSR count). The van der Waals surface area contributed by atoms with Crippen molar-refractivity contribution < 1.29 is 20.6 Å². The van der Waals surface area contributed by atoms with Crippen molar-refractivity contribution in [3.8, 4) is 17.1 Å². The average molecular weight is 997 g/mol. The van der Waals surface area contributed by atoms with Crippen molar-refractivity contribution in [2.75, 3.05) is 0 Å². The van der Waals surface area contributed by atoms with E-state index >= 15 is 0 Å². The van der Waals surface area contributed by atoms with E-state index in [-0.39, 0.29) is 43.6 Å². The molecule has 0 atom stereocenters. The van der Waals surface area contributed by atoms with E-state index in [2.05, 4.69) is 138 Å². The molecule has 3 aromatic heterocycles. The van der Waals surface area contributed by atoms with Crippen LogP contribution in [0.2, 0.25) is 0 Å². The summed E-state index contributed by atoms with van der Waals surface area (Å²) in [7, 11) is -3.09. The maximum atomic E-state index is 10.3. The lowest BCUT2D eigenvalue weighted by atomic mass is 9.92. The van der Waals surface area contributed by atoms with Crippen LogP contribution in [0.25, 0.3) is 115 Å². The zero-order valence-electron chi connectivity index (χ0n) is 55.3. The van der Waals surface area contributed by atoms with E-state index in [9.17, 15) is 9.60 Å². The zero-order valence-corrected chi connectivity index (χ0v) is 41.3. The van der Waals surface area contributed by atoms with Crippen molar-refractivity contribution in [1.29, 1.82) is 0 Å². The van der Waals surface area contributed by atoms with E-state index in [0.717, 1.165) is 69.6 Å². The summed E-state index contributed by atoms with van der Waals surface area (Å²) in [5, 5.41) is 11.5. The Morgan fingerprint density at radius 1 is 0.250 bits per heavy atom. The summed E-state index contributed by atoms with van der Waals surface area (Å²) in [6.45, 7) is 0. The van der Waals surface area contributed by atoms with Gasteiger partial charge in [-0.1, -0.05) is 212 Å². The summed E-state index contributed by atoms with van der Waals surface area (Å²) in [5.74, 6) is 0. The van der Waals surface area contributed by atoms with Gasteiger partial charge in [-0.3, -0.25) is 0 Å². The van der Waals surface area contributed by atoms with Crippen molar-refractivity contribution >= 4 is 127 Å². The van der Waals surface area contributed by atoms with Gasteiger partial charge in [0.1, 0.15) is 0 Å². The number of benzene rings is 13. The molecule has 13 aromatic carbocycles. The van der Waals surface area contributed by atoms with Gasteiger partial charge >= 0.3 is 0 Å². The highest BCUT2D eigenvalue weighted by Crippen LogP contribution is 2.45. The second-order valence-corrected chi connectivity index (χ2v) is 23.0. The first-order valence-electron chi connectivity index (χ1n) is 32.6. The molecule has 16 aromatic rings. The van der Waals surface area contributed by atoms with Crippen molar-refractivity contribution in [1.82, 2.24) is 13.7 Å². The number of fused-ring (bicyclic) bond motifs is 16. The Balaban J connectivity index is 1.05. The summed E-state index contributed by atoms with van der Waals surface area (Å²) in [4.78, 5) is 0. The largest absolute Gasteiger partial charge is 0.309 e. The first-order chi connectivity index (χ1) is 44.0. The van der Waals surface area contributed by atoms with E-state index in [4.69, 9.17) is 11.0 Å². The predicted octanol–water partition coefficient (Wildman–Crippen LogP) is 15.8. The molecule has 354 valence electrons. The number of nitrogens with zero attached hydrogens (tertiary/aromatic N) is 3. The van der Waals surface area contributed by atoms with Gasteiger partial charge in [0.05, 0.1) is 53.7 Å². The molecule has 0 radical (unpaired) electrons. The van der Waals surface area contributed by atoms with Crippen LogP contribution < -0.4 is 20.7 Å². The number of hydrogen-bond acceptors (Lipinski definition) is 0. The molecular formula is C72H47N3Si. The minimum absolute atomic E-state index is 0.105. The monoisotopic (exact) mass is 996 g/mol. The zero-order chi connectivity index (χ0) is 63.0. The van der Waals surface area contributed by atoms with Crippen LogP contribution in [0, 0.1) is 0 Å². The van der Waals surface area contributed by atoms with Crippen LogP contribution in [0.15, 0.2) is 285 Å². The van der Waals surface area contributed by atoms with Gasteiger partial charge in [-0.05, 0) is 120 Å². The van der Waals surface area contributed by atoms with Crippen LogP contribution in [0.1, 0.15) is 20.6 Å². The van der Waals surface area contributed by atoms with Crippen molar-refractivity contribution in [3.63, 3.8) is 0 Å². The van der Waals surface area contributed by atoms with Crippen molar-refractivity contribution in [3.05, 3.63) is 285 Å². The molecule has 3 heterocycles. The molecule has 0 spiro atoms. The number of hydrogen-bond donors (Lipinski definition) is 0. The van der Waals surface area contributed by atoms with Gasteiger partial charge in [0, 0.05) is 54.8 Å². The summed E-state index contributed by atoms with van der Waals surface area (Å²) in [6.07, 6.45) is 0. The van der Waals surface area contributed by atoms with Crippen LogP contribution in [-0.4, -0.2) is 21.8 Å².